The van der Waals surface area contributed by atoms with Crippen molar-refractivity contribution in [2.75, 3.05) is 13.1 Å². The Morgan fingerprint density at radius 3 is 2.80 bits per heavy atom. The third kappa shape index (κ3) is 3.47. The summed E-state index contributed by atoms with van der Waals surface area (Å²) in [5.41, 5.74) is -0.303. The van der Waals surface area contributed by atoms with Gasteiger partial charge in [-0.2, -0.15) is 15.0 Å². The number of hydrogen-bond donors (Lipinski definition) is 2. The number of nitrogens with one attached hydrogen (secondary N) is 2. The van der Waals surface area contributed by atoms with E-state index < -0.39 is 17.2 Å². The molecule has 1 amide bonds. The molecule has 1 aromatic heterocycles. The highest BCUT2D eigenvalue weighted by molar-refractivity contribution is 5.69. The molecule has 0 spiro atoms. The van der Waals surface area contributed by atoms with Crippen LogP contribution in [0.1, 0.15) is 39.3 Å². The highest BCUT2D eigenvalue weighted by atomic mass is 16.6. The number of hydrogen-bond acceptors (Lipinski definition) is 5. The average Bonchev–Trinajstić information content (AvgIpc) is 2.75. The quantitative estimate of drug-likeness (QED) is 0.842. The van der Waals surface area contributed by atoms with E-state index in [0.717, 1.165) is 25.1 Å². The molecule has 0 radical (unpaired) electrons. The Labute approximate surface area is 119 Å². The van der Waals surface area contributed by atoms with Crippen molar-refractivity contribution in [3.05, 3.63) is 11.9 Å². The van der Waals surface area contributed by atoms with Gasteiger partial charge in [0.1, 0.15) is 16.8 Å². The van der Waals surface area contributed by atoms with Gasteiger partial charge in [-0.05, 0) is 40.2 Å². The van der Waals surface area contributed by atoms with Crippen LogP contribution in [0.15, 0.2) is 6.20 Å². The van der Waals surface area contributed by atoms with E-state index in [1.807, 2.05) is 20.8 Å². The van der Waals surface area contributed by atoms with E-state index in [0.29, 0.717) is 6.54 Å². The number of aryl methyl sites for hydroxylation is 1. The minimum Gasteiger partial charge on any atom is -0.444 e. The summed E-state index contributed by atoms with van der Waals surface area (Å²) < 4.78 is 5.36. The van der Waals surface area contributed by atoms with Crippen LogP contribution in [0.5, 0.6) is 0 Å². The molecule has 1 atom stereocenters. The highest BCUT2D eigenvalue weighted by Crippen LogP contribution is 2.27. The second kappa shape index (κ2) is 5.40. The van der Waals surface area contributed by atoms with Crippen LogP contribution >= 0.6 is 0 Å². The third-order valence-electron chi connectivity index (χ3n) is 3.21. The maximum absolute atomic E-state index is 12.1. The molecule has 0 bridgehead atoms. The lowest BCUT2D eigenvalue weighted by molar-refractivity contribution is 0.0427. The van der Waals surface area contributed by atoms with Crippen molar-refractivity contribution in [2.24, 2.45) is 7.05 Å². The Kier molecular flexibility index (Phi) is 3.99. The van der Waals surface area contributed by atoms with Gasteiger partial charge in [0.25, 0.3) is 0 Å². The van der Waals surface area contributed by atoms with Gasteiger partial charge in [-0.25, -0.2) is 4.79 Å². The third-order valence-corrected chi connectivity index (χ3v) is 3.21. The zero-order valence-electron chi connectivity index (χ0n) is 12.6. The number of carbonyl (C=O) groups excluding carboxylic acids is 1. The van der Waals surface area contributed by atoms with E-state index in [1.54, 1.807) is 13.2 Å². The summed E-state index contributed by atoms with van der Waals surface area (Å²) >= 11 is 0. The Bertz CT molecular complexity index is 471. The Morgan fingerprint density at radius 2 is 2.30 bits per heavy atom. The summed E-state index contributed by atoms with van der Waals surface area (Å²) in [6.45, 7) is 7.12. The predicted octanol–water partition coefficient (Wildman–Crippen LogP) is 0.918. The lowest BCUT2D eigenvalue weighted by atomic mass is 9.87. The summed E-state index contributed by atoms with van der Waals surface area (Å²) in [6, 6.07) is 0. The van der Waals surface area contributed by atoms with E-state index in [2.05, 4.69) is 20.8 Å². The van der Waals surface area contributed by atoms with Crippen molar-refractivity contribution in [3.8, 4) is 0 Å². The number of carbonyl (C=O) groups is 1. The van der Waals surface area contributed by atoms with E-state index in [4.69, 9.17) is 4.74 Å². The molecule has 1 aromatic rings. The number of amides is 1. The van der Waals surface area contributed by atoms with Crippen LogP contribution in [-0.2, 0) is 17.3 Å². The molecular weight excluding hydrogens is 258 g/mol. The monoisotopic (exact) mass is 281 g/mol. The summed E-state index contributed by atoms with van der Waals surface area (Å²) in [4.78, 5) is 13.6. The van der Waals surface area contributed by atoms with Crippen molar-refractivity contribution in [1.29, 1.82) is 0 Å². The molecule has 112 valence electrons. The van der Waals surface area contributed by atoms with Gasteiger partial charge in [0.15, 0.2) is 0 Å². The average molecular weight is 281 g/mol. The second-order valence-electron chi connectivity index (χ2n) is 6.21. The smallest absolute Gasteiger partial charge is 0.408 e. The first-order valence-corrected chi connectivity index (χ1v) is 6.89. The maximum atomic E-state index is 12.1. The number of nitrogens with zero attached hydrogens (tertiary/aromatic N) is 3. The van der Waals surface area contributed by atoms with Crippen LogP contribution in [0.2, 0.25) is 0 Å². The van der Waals surface area contributed by atoms with E-state index in [9.17, 15) is 4.79 Å². The minimum absolute atomic E-state index is 0.424. The second-order valence-corrected chi connectivity index (χ2v) is 6.21. The topological polar surface area (TPSA) is 81.1 Å². The van der Waals surface area contributed by atoms with Gasteiger partial charge in [-0.3, -0.25) is 0 Å². The number of aromatic nitrogens is 3. The first kappa shape index (κ1) is 14.8. The molecule has 7 heteroatoms. The van der Waals surface area contributed by atoms with Crippen LogP contribution in [0, 0.1) is 0 Å². The van der Waals surface area contributed by atoms with Crippen molar-refractivity contribution >= 4 is 6.09 Å². The summed E-state index contributed by atoms with van der Waals surface area (Å²) in [6.07, 6.45) is 3.06. The Balaban J connectivity index is 2.18. The number of piperidine rings is 1. The molecule has 0 aliphatic carbocycles. The maximum Gasteiger partial charge on any atom is 0.408 e. The zero-order chi connectivity index (χ0) is 14.8. The first-order valence-electron chi connectivity index (χ1n) is 6.89. The van der Waals surface area contributed by atoms with Crippen molar-refractivity contribution in [2.45, 2.75) is 44.8 Å². The fourth-order valence-corrected chi connectivity index (χ4v) is 2.36. The van der Waals surface area contributed by atoms with Crippen LogP contribution in [0.3, 0.4) is 0 Å². The van der Waals surface area contributed by atoms with Gasteiger partial charge < -0.3 is 15.4 Å². The van der Waals surface area contributed by atoms with Crippen LogP contribution in [-0.4, -0.2) is 39.8 Å². The molecule has 7 nitrogen and oxygen atoms in total. The molecule has 1 unspecified atom stereocenters. The molecule has 0 aromatic carbocycles. The first-order chi connectivity index (χ1) is 9.31. The zero-order valence-corrected chi connectivity index (χ0v) is 12.6. The molecule has 1 aliphatic rings. The fraction of sp³-hybridized carbons (Fsp3) is 0.769. The molecule has 2 rings (SSSR count). The summed E-state index contributed by atoms with van der Waals surface area (Å²) in [7, 11) is 1.76. The summed E-state index contributed by atoms with van der Waals surface area (Å²) in [5.74, 6) is 0. The number of rotatable bonds is 2. The standard InChI is InChI=1S/C13H23N5O2/c1-12(2,3)20-11(19)16-13(6-5-7-14-9-13)10-8-15-18(4)17-10/h8,14H,5-7,9H2,1-4H3,(H,16,19). The lowest BCUT2D eigenvalue weighted by Crippen LogP contribution is -2.56. The molecular formula is C13H23N5O2. The highest BCUT2D eigenvalue weighted by Gasteiger charge is 2.39. The molecule has 2 heterocycles. The van der Waals surface area contributed by atoms with Gasteiger partial charge in [0, 0.05) is 13.6 Å². The lowest BCUT2D eigenvalue weighted by Gasteiger charge is -2.37. The van der Waals surface area contributed by atoms with E-state index >= 15 is 0 Å². The van der Waals surface area contributed by atoms with Crippen molar-refractivity contribution in [1.82, 2.24) is 25.6 Å². The summed E-state index contributed by atoms with van der Waals surface area (Å²) in [5, 5.41) is 14.7. The van der Waals surface area contributed by atoms with E-state index in [1.165, 1.54) is 4.80 Å². The SMILES string of the molecule is Cn1ncc(C2(NC(=O)OC(C)(C)C)CCCNC2)n1. The van der Waals surface area contributed by atoms with Gasteiger partial charge in [-0.1, -0.05) is 0 Å². The molecule has 2 N–H and O–H groups in total. The fourth-order valence-electron chi connectivity index (χ4n) is 2.36. The largest absolute Gasteiger partial charge is 0.444 e. The molecule has 0 saturated carbocycles. The van der Waals surface area contributed by atoms with E-state index in [-0.39, 0.29) is 0 Å². The molecule has 1 aliphatic heterocycles. The Morgan fingerprint density at radius 1 is 1.55 bits per heavy atom. The van der Waals surface area contributed by atoms with Crippen LogP contribution in [0.25, 0.3) is 0 Å². The van der Waals surface area contributed by atoms with Gasteiger partial charge >= 0.3 is 6.09 Å². The van der Waals surface area contributed by atoms with Gasteiger partial charge in [-0.15, -0.1) is 0 Å². The van der Waals surface area contributed by atoms with Crippen molar-refractivity contribution in [3.63, 3.8) is 0 Å². The number of ether oxygens (including phenoxy) is 1. The Hall–Kier alpha value is -1.63. The van der Waals surface area contributed by atoms with Crippen LogP contribution in [0.4, 0.5) is 4.79 Å². The van der Waals surface area contributed by atoms with Gasteiger partial charge in [0.2, 0.25) is 0 Å². The minimum atomic E-state index is -0.547. The molecule has 20 heavy (non-hydrogen) atoms. The van der Waals surface area contributed by atoms with Crippen LogP contribution < -0.4 is 10.6 Å². The normalized spacial score (nSPS) is 23.4. The van der Waals surface area contributed by atoms with Gasteiger partial charge in [0.05, 0.1) is 6.20 Å². The molecule has 1 saturated heterocycles. The molecule has 1 fully saturated rings. The predicted molar refractivity (Wildman–Crippen MR) is 74.2 cm³/mol. The number of alkyl carbamates (subject to hydrolysis) is 1. The van der Waals surface area contributed by atoms with Crippen molar-refractivity contribution < 1.29 is 9.53 Å².